The van der Waals surface area contributed by atoms with E-state index in [1.165, 1.54) is 5.56 Å². The molecule has 106 valence electrons. The number of nitrogens with two attached hydrogens (primary N) is 1. The van der Waals surface area contributed by atoms with Crippen LogP contribution in [0.1, 0.15) is 12.5 Å². The van der Waals surface area contributed by atoms with E-state index in [1.807, 2.05) is 12.1 Å². The first-order valence-electron chi connectivity index (χ1n) is 6.34. The van der Waals surface area contributed by atoms with E-state index in [0.29, 0.717) is 19.2 Å². The fourth-order valence-corrected chi connectivity index (χ4v) is 1.74. The lowest BCUT2D eigenvalue weighted by molar-refractivity contribution is -0.122. The van der Waals surface area contributed by atoms with Gasteiger partial charge in [0.2, 0.25) is 5.91 Å². The standard InChI is InChI=1S/C14H22N2O3/c1-11(16-7-8-19-10-14(15)17)9-12-3-5-13(18-2)6-4-12/h3-6,11,16H,7-10H2,1-2H3,(H2,15,17). The Kier molecular flexibility index (Phi) is 6.92. The van der Waals surface area contributed by atoms with E-state index < -0.39 is 5.91 Å². The monoisotopic (exact) mass is 266 g/mol. The van der Waals surface area contributed by atoms with Gasteiger partial charge in [0.25, 0.3) is 0 Å². The van der Waals surface area contributed by atoms with Crippen LogP contribution in [0.3, 0.4) is 0 Å². The summed E-state index contributed by atoms with van der Waals surface area (Å²) >= 11 is 0. The number of ether oxygens (including phenoxy) is 2. The van der Waals surface area contributed by atoms with Gasteiger partial charge < -0.3 is 20.5 Å². The zero-order valence-electron chi connectivity index (χ0n) is 11.5. The highest BCUT2D eigenvalue weighted by atomic mass is 16.5. The Balaban J connectivity index is 2.19. The highest BCUT2D eigenvalue weighted by Gasteiger charge is 2.03. The van der Waals surface area contributed by atoms with Crippen molar-refractivity contribution >= 4 is 5.91 Å². The van der Waals surface area contributed by atoms with Crippen molar-refractivity contribution in [3.63, 3.8) is 0 Å². The zero-order valence-corrected chi connectivity index (χ0v) is 11.5. The van der Waals surface area contributed by atoms with Crippen molar-refractivity contribution in [3.05, 3.63) is 29.8 Å². The van der Waals surface area contributed by atoms with Crippen LogP contribution in [0.2, 0.25) is 0 Å². The van der Waals surface area contributed by atoms with Gasteiger partial charge in [0.1, 0.15) is 12.4 Å². The second-order valence-electron chi connectivity index (χ2n) is 4.43. The maximum Gasteiger partial charge on any atom is 0.243 e. The van der Waals surface area contributed by atoms with Crippen LogP contribution in [0.15, 0.2) is 24.3 Å². The number of amides is 1. The molecule has 0 heterocycles. The minimum absolute atomic E-state index is 0.0193. The van der Waals surface area contributed by atoms with Crippen molar-refractivity contribution in [2.45, 2.75) is 19.4 Å². The van der Waals surface area contributed by atoms with Gasteiger partial charge in [0.15, 0.2) is 0 Å². The number of carbonyl (C=O) groups is 1. The number of methoxy groups -OCH3 is 1. The Morgan fingerprint density at radius 3 is 2.63 bits per heavy atom. The van der Waals surface area contributed by atoms with Gasteiger partial charge in [0, 0.05) is 12.6 Å². The normalized spacial score (nSPS) is 12.1. The molecule has 0 saturated heterocycles. The molecular formula is C14H22N2O3. The number of hydrogen-bond acceptors (Lipinski definition) is 4. The predicted octanol–water partition coefficient (Wildman–Crippen LogP) is 0.718. The summed E-state index contributed by atoms with van der Waals surface area (Å²) in [6.45, 7) is 3.27. The molecule has 0 saturated carbocycles. The molecular weight excluding hydrogens is 244 g/mol. The van der Waals surface area contributed by atoms with Crippen LogP contribution in [0.25, 0.3) is 0 Å². The molecule has 0 bridgehead atoms. The molecule has 19 heavy (non-hydrogen) atoms. The first kappa shape index (κ1) is 15.5. The molecule has 0 aliphatic heterocycles. The maximum atomic E-state index is 10.5. The highest BCUT2D eigenvalue weighted by Crippen LogP contribution is 2.12. The zero-order chi connectivity index (χ0) is 14.1. The van der Waals surface area contributed by atoms with Crippen molar-refractivity contribution in [2.75, 3.05) is 26.9 Å². The lowest BCUT2D eigenvalue weighted by Crippen LogP contribution is -2.32. The molecule has 0 aliphatic rings. The van der Waals surface area contributed by atoms with Crippen molar-refractivity contribution < 1.29 is 14.3 Å². The van der Waals surface area contributed by atoms with Gasteiger partial charge >= 0.3 is 0 Å². The second-order valence-corrected chi connectivity index (χ2v) is 4.43. The molecule has 3 N–H and O–H groups in total. The van der Waals surface area contributed by atoms with Gasteiger partial charge in [0.05, 0.1) is 13.7 Å². The number of primary amides is 1. The number of benzene rings is 1. The molecule has 1 aromatic rings. The third-order valence-corrected chi connectivity index (χ3v) is 2.68. The maximum absolute atomic E-state index is 10.5. The average molecular weight is 266 g/mol. The second kappa shape index (κ2) is 8.50. The molecule has 0 radical (unpaired) electrons. The molecule has 0 spiro atoms. The van der Waals surface area contributed by atoms with E-state index in [0.717, 1.165) is 12.2 Å². The minimum Gasteiger partial charge on any atom is -0.497 e. The first-order chi connectivity index (χ1) is 9.11. The molecule has 1 unspecified atom stereocenters. The van der Waals surface area contributed by atoms with Gasteiger partial charge in [-0.1, -0.05) is 12.1 Å². The highest BCUT2D eigenvalue weighted by molar-refractivity contribution is 5.74. The molecule has 5 heteroatoms. The van der Waals surface area contributed by atoms with Crippen molar-refractivity contribution in [1.29, 1.82) is 0 Å². The summed E-state index contributed by atoms with van der Waals surface area (Å²) in [5.41, 5.74) is 6.21. The molecule has 5 nitrogen and oxygen atoms in total. The van der Waals surface area contributed by atoms with Gasteiger partial charge in [-0.15, -0.1) is 0 Å². The van der Waals surface area contributed by atoms with Gasteiger partial charge in [-0.2, -0.15) is 0 Å². The van der Waals surface area contributed by atoms with E-state index >= 15 is 0 Å². The third kappa shape index (κ3) is 6.79. The van der Waals surface area contributed by atoms with E-state index in [1.54, 1.807) is 7.11 Å². The summed E-state index contributed by atoms with van der Waals surface area (Å²) in [4.78, 5) is 10.5. The number of nitrogens with one attached hydrogen (secondary N) is 1. The molecule has 0 fully saturated rings. The lowest BCUT2D eigenvalue weighted by atomic mass is 10.1. The van der Waals surface area contributed by atoms with Gasteiger partial charge in [-0.3, -0.25) is 4.79 Å². The molecule has 1 rings (SSSR count). The molecule has 0 aromatic heterocycles. The van der Waals surface area contributed by atoms with Crippen molar-refractivity contribution in [1.82, 2.24) is 5.32 Å². The molecule has 1 atom stereocenters. The minimum atomic E-state index is -0.439. The van der Waals surface area contributed by atoms with E-state index in [2.05, 4.69) is 24.4 Å². The largest absolute Gasteiger partial charge is 0.497 e. The Hall–Kier alpha value is -1.59. The predicted molar refractivity (Wildman–Crippen MR) is 74.2 cm³/mol. The number of hydrogen-bond donors (Lipinski definition) is 2. The summed E-state index contributed by atoms with van der Waals surface area (Å²) in [5, 5.41) is 3.33. The molecule has 1 amide bonds. The van der Waals surface area contributed by atoms with Crippen LogP contribution in [-0.4, -0.2) is 38.8 Å². The van der Waals surface area contributed by atoms with Gasteiger partial charge in [-0.25, -0.2) is 0 Å². The summed E-state index contributed by atoms with van der Waals surface area (Å²) < 4.78 is 10.2. The molecule has 1 aromatic carbocycles. The van der Waals surface area contributed by atoms with E-state index in [-0.39, 0.29) is 6.61 Å². The van der Waals surface area contributed by atoms with Gasteiger partial charge in [-0.05, 0) is 31.0 Å². The summed E-state index contributed by atoms with van der Waals surface area (Å²) in [6.07, 6.45) is 0.930. The Morgan fingerprint density at radius 1 is 1.37 bits per heavy atom. The summed E-state index contributed by atoms with van der Waals surface area (Å²) in [7, 11) is 1.66. The lowest BCUT2D eigenvalue weighted by Gasteiger charge is -2.14. The van der Waals surface area contributed by atoms with Crippen LogP contribution < -0.4 is 15.8 Å². The fourth-order valence-electron chi connectivity index (χ4n) is 1.74. The number of carbonyl (C=O) groups excluding carboxylic acids is 1. The topological polar surface area (TPSA) is 73.6 Å². The Morgan fingerprint density at radius 2 is 2.05 bits per heavy atom. The first-order valence-corrected chi connectivity index (χ1v) is 6.34. The quantitative estimate of drug-likeness (QED) is 0.646. The van der Waals surface area contributed by atoms with Crippen LogP contribution in [0, 0.1) is 0 Å². The summed E-state index contributed by atoms with van der Waals surface area (Å²) in [6, 6.07) is 8.36. The Labute approximate surface area is 114 Å². The van der Waals surface area contributed by atoms with Crippen molar-refractivity contribution in [3.8, 4) is 5.75 Å². The van der Waals surface area contributed by atoms with Crippen LogP contribution >= 0.6 is 0 Å². The van der Waals surface area contributed by atoms with Crippen LogP contribution in [-0.2, 0) is 16.0 Å². The van der Waals surface area contributed by atoms with Crippen LogP contribution in [0.5, 0.6) is 5.75 Å². The van der Waals surface area contributed by atoms with Crippen molar-refractivity contribution in [2.24, 2.45) is 5.73 Å². The fraction of sp³-hybridized carbons (Fsp3) is 0.500. The van der Waals surface area contributed by atoms with Crippen LogP contribution in [0.4, 0.5) is 0 Å². The SMILES string of the molecule is COc1ccc(CC(C)NCCOCC(N)=O)cc1. The van der Waals surface area contributed by atoms with E-state index in [4.69, 9.17) is 15.2 Å². The number of rotatable bonds is 9. The van der Waals surface area contributed by atoms with E-state index in [9.17, 15) is 4.79 Å². The molecule has 0 aliphatic carbocycles. The Bertz CT molecular complexity index is 379. The smallest absolute Gasteiger partial charge is 0.243 e. The average Bonchev–Trinajstić information content (AvgIpc) is 2.39. The third-order valence-electron chi connectivity index (χ3n) is 2.68. The summed E-state index contributed by atoms with van der Waals surface area (Å²) in [5.74, 6) is 0.426.